The molecule has 0 unspecified atom stereocenters. The molecule has 0 fully saturated rings. The molecule has 0 aliphatic rings. The Balaban J connectivity index is 0.000000980. The van der Waals surface area contributed by atoms with Gasteiger partial charge in [-0.25, -0.2) is 0 Å². The molecule has 2 rings (SSSR count). The van der Waals surface area contributed by atoms with Gasteiger partial charge < -0.3 is 4.74 Å². The van der Waals surface area contributed by atoms with E-state index in [0.717, 1.165) is 11.5 Å². The van der Waals surface area contributed by atoms with Crippen LogP contribution in [0.4, 0.5) is 0 Å². The molecule has 0 aliphatic heterocycles. The van der Waals surface area contributed by atoms with Crippen molar-refractivity contribution < 1.29 is 56.1 Å². The second-order valence-electron chi connectivity index (χ2n) is 2.65. The summed E-state index contributed by atoms with van der Waals surface area (Å²) in [5.41, 5.74) is 0. The maximum Gasteiger partial charge on any atom is 1.00 e. The van der Waals surface area contributed by atoms with Gasteiger partial charge in [0.05, 0.1) is 0 Å². The molecule has 0 atom stereocenters. The quantitative estimate of drug-likeness (QED) is 0.509. The van der Waals surface area contributed by atoms with Crippen molar-refractivity contribution in [3.8, 4) is 11.5 Å². The molecule has 14 heavy (non-hydrogen) atoms. The topological polar surface area (TPSA) is 9.23 Å². The third-order valence-electron chi connectivity index (χ3n) is 1.67. The van der Waals surface area contributed by atoms with Gasteiger partial charge in [-0.3, -0.25) is 0 Å². The van der Waals surface area contributed by atoms with Gasteiger partial charge in [-0.15, -0.1) is 12.1 Å². The zero-order valence-electron chi connectivity index (χ0n) is 8.10. The Labute approximate surface area is 127 Å². The van der Waals surface area contributed by atoms with Crippen molar-refractivity contribution in [2.45, 2.75) is 0 Å². The minimum Gasteiger partial charge on any atom is -0.483 e. The van der Waals surface area contributed by atoms with E-state index in [1.165, 1.54) is 0 Å². The normalized spacial score (nSPS) is 8.86. The van der Waals surface area contributed by atoms with E-state index in [2.05, 4.69) is 6.07 Å². The van der Waals surface area contributed by atoms with E-state index in [9.17, 15) is 0 Å². The smallest absolute Gasteiger partial charge is 0.483 e. The van der Waals surface area contributed by atoms with Crippen LogP contribution in [0.25, 0.3) is 0 Å². The van der Waals surface area contributed by atoms with Crippen LogP contribution in [0.5, 0.6) is 11.5 Å². The first kappa shape index (κ1) is 11.9. The van der Waals surface area contributed by atoms with Gasteiger partial charge in [-0.05, 0) is 12.1 Å². The van der Waals surface area contributed by atoms with Gasteiger partial charge in [0, 0.05) is 5.75 Å². The summed E-state index contributed by atoms with van der Waals surface area (Å²) in [4.78, 5) is 0. The van der Waals surface area contributed by atoms with Crippen LogP contribution in [0.2, 0.25) is 0 Å². The number of hydrogen-bond donors (Lipinski definition) is 0. The van der Waals surface area contributed by atoms with E-state index in [-0.39, 0.29) is 51.4 Å². The van der Waals surface area contributed by atoms with Crippen LogP contribution in [0.15, 0.2) is 54.6 Å². The fraction of sp³-hybridized carbons (Fsp3) is 0. The maximum absolute atomic E-state index is 5.56. The second kappa shape index (κ2) is 6.38. The van der Waals surface area contributed by atoms with Gasteiger partial charge in [0.25, 0.3) is 0 Å². The first-order chi connectivity index (χ1) is 6.45. The van der Waals surface area contributed by atoms with Gasteiger partial charge in [0.2, 0.25) is 0 Å². The summed E-state index contributed by atoms with van der Waals surface area (Å²) in [5.74, 6) is 1.69. The minimum atomic E-state index is 0. The van der Waals surface area contributed by atoms with E-state index in [1.807, 2.05) is 54.6 Å². The number of para-hydroxylation sites is 1. The fourth-order valence-corrected chi connectivity index (χ4v) is 1.06. The van der Waals surface area contributed by atoms with Crippen molar-refractivity contribution in [1.82, 2.24) is 0 Å². The van der Waals surface area contributed by atoms with Crippen LogP contribution in [0.1, 0.15) is 0 Å². The standard InChI is InChI=1S/C12H9O.K/c1-3-7-11(8-4-1)13-12-9-5-2-6-10-12;/h1,3-10H;/q-1;+1. The van der Waals surface area contributed by atoms with Crippen LogP contribution in [0, 0.1) is 6.07 Å². The summed E-state index contributed by atoms with van der Waals surface area (Å²) >= 11 is 0. The van der Waals surface area contributed by atoms with Crippen molar-refractivity contribution >= 4 is 0 Å². The Kier molecular flexibility index (Phi) is 5.44. The molecule has 2 heteroatoms. The molecule has 0 amide bonds. The fourth-order valence-electron chi connectivity index (χ4n) is 1.06. The zero-order chi connectivity index (χ0) is 8.93. The number of benzene rings is 2. The average molecular weight is 208 g/mol. The average Bonchev–Trinajstić information content (AvgIpc) is 2.21. The first-order valence-corrected chi connectivity index (χ1v) is 4.14. The van der Waals surface area contributed by atoms with E-state index >= 15 is 0 Å². The number of ether oxygens (including phenoxy) is 1. The molecule has 64 valence electrons. The van der Waals surface area contributed by atoms with Gasteiger partial charge in [-0.2, -0.15) is 18.2 Å². The molecule has 0 saturated carbocycles. The van der Waals surface area contributed by atoms with Crippen LogP contribution >= 0.6 is 0 Å². The molecule has 0 bridgehead atoms. The van der Waals surface area contributed by atoms with E-state index in [4.69, 9.17) is 4.74 Å². The van der Waals surface area contributed by atoms with Crippen molar-refractivity contribution in [2.75, 3.05) is 0 Å². The molecule has 1 nitrogen and oxygen atoms in total. The van der Waals surface area contributed by atoms with Gasteiger partial charge in [0.15, 0.2) is 0 Å². The van der Waals surface area contributed by atoms with Crippen molar-refractivity contribution in [3.05, 3.63) is 60.7 Å². The number of rotatable bonds is 2. The SMILES string of the molecule is [K+].[c-]1ccc(Oc2ccccc2)cc1. The first-order valence-electron chi connectivity index (χ1n) is 4.14. The van der Waals surface area contributed by atoms with Crippen LogP contribution in [-0.2, 0) is 0 Å². The van der Waals surface area contributed by atoms with E-state index < -0.39 is 0 Å². The molecular weight excluding hydrogens is 199 g/mol. The summed E-state index contributed by atoms with van der Waals surface area (Å²) in [6.07, 6.45) is 0. The Bertz CT molecular complexity index is 321. The van der Waals surface area contributed by atoms with Crippen LogP contribution < -0.4 is 56.1 Å². The molecule has 2 aromatic rings. The minimum absolute atomic E-state index is 0. The summed E-state index contributed by atoms with van der Waals surface area (Å²) in [7, 11) is 0. The zero-order valence-corrected chi connectivity index (χ0v) is 11.2. The molecular formula is C12H9KO. The summed E-state index contributed by atoms with van der Waals surface area (Å²) in [5, 5.41) is 0. The summed E-state index contributed by atoms with van der Waals surface area (Å²) in [6, 6.07) is 20.1. The molecule has 0 aliphatic carbocycles. The Hall–Kier alpha value is -0.124. The molecule has 0 aromatic heterocycles. The van der Waals surface area contributed by atoms with Crippen molar-refractivity contribution in [2.24, 2.45) is 0 Å². The molecule has 2 aromatic carbocycles. The van der Waals surface area contributed by atoms with E-state index in [0.29, 0.717) is 0 Å². The predicted octanol–water partition coefficient (Wildman–Crippen LogP) is 0.283. The molecule has 0 radical (unpaired) electrons. The summed E-state index contributed by atoms with van der Waals surface area (Å²) < 4.78 is 5.56. The third-order valence-corrected chi connectivity index (χ3v) is 1.67. The van der Waals surface area contributed by atoms with Crippen LogP contribution in [-0.4, -0.2) is 0 Å². The largest absolute Gasteiger partial charge is 1.00 e. The maximum atomic E-state index is 5.56. The van der Waals surface area contributed by atoms with Crippen molar-refractivity contribution in [1.29, 1.82) is 0 Å². The Morgan fingerprint density at radius 1 is 0.786 bits per heavy atom. The van der Waals surface area contributed by atoms with Crippen molar-refractivity contribution in [3.63, 3.8) is 0 Å². The second-order valence-corrected chi connectivity index (χ2v) is 2.65. The monoisotopic (exact) mass is 208 g/mol. The van der Waals surface area contributed by atoms with Gasteiger partial charge in [0.1, 0.15) is 5.75 Å². The molecule has 0 N–H and O–H groups in total. The van der Waals surface area contributed by atoms with Gasteiger partial charge in [-0.1, -0.05) is 18.2 Å². The molecule has 0 saturated heterocycles. The Morgan fingerprint density at radius 3 is 2.00 bits per heavy atom. The summed E-state index contributed by atoms with van der Waals surface area (Å²) in [6.45, 7) is 0. The Morgan fingerprint density at radius 2 is 1.36 bits per heavy atom. The van der Waals surface area contributed by atoms with Crippen LogP contribution in [0.3, 0.4) is 0 Å². The predicted molar refractivity (Wildman–Crippen MR) is 51.8 cm³/mol. The molecule has 0 spiro atoms. The number of hydrogen-bond acceptors (Lipinski definition) is 1. The molecule has 0 heterocycles. The van der Waals surface area contributed by atoms with Gasteiger partial charge >= 0.3 is 51.4 Å². The third kappa shape index (κ3) is 3.56. The van der Waals surface area contributed by atoms with E-state index in [1.54, 1.807) is 0 Å².